The number of benzene rings is 1. The zero-order valence-corrected chi connectivity index (χ0v) is 12.4. The lowest BCUT2D eigenvalue weighted by atomic mass is 9.95. The summed E-state index contributed by atoms with van der Waals surface area (Å²) in [5.74, 6) is 1.26. The van der Waals surface area contributed by atoms with Crippen LogP contribution < -0.4 is 10.1 Å². The fourth-order valence-electron chi connectivity index (χ4n) is 2.47. The van der Waals surface area contributed by atoms with Crippen LogP contribution in [0.4, 0.5) is 0 Å². The van der Waals surface area contributed by atoms with Gasteiger partial charge in [0.15, 0.2) is 0 Å². The highest BCUT2D eigenvalue weighted by atomic mass is 16.5. The quantitative estimate of drug-likeness (QED) is 0.920. The first-order valence-electron chi connectivity index (χ1n) is 7.16. The largest absolute Gasteiger partial charge is 0.493 e. The van der Waals surface area contributed by atoms with Crippen LogP contribution in [0, 0.1) is 0 Å². The summed E-state index contributed by atoms with van der Waals surface area (Å²) >= 11 is 0. The first-order valence-corrected chi connectivity index (χ1v) is 7.16. The van der Waals surface area contributed by atoms with Gasteiger partial charge in [-0.25, -0.2) is 0 Å². The minimum absolute atomic E-state index is 0.00819. The van der Waals surface area contributed by atoms with Gasteiger partial charge >= 0.3 is 0 Å². The van der Waals surface area contributed by atoms with Crippen LogP contribution >= 0.6 is 0 Å². The molecule has 1 heterocycles. The highest BCUT2D eigenvalue weighted by Gasteiger charge is 2.22. The molecule has 0 aromatic heterocycles. The van der Waals surface area contributed by atoms with E-state index in [0.29, 0.717) is 12.5 Å². The number of methoxy groups -OCH3 is 1. The lowest BCUT2D eigenvalue weighted by Gasteiger charge is -2.20. The Kier molecular flexibility index (Phi) is 5.01. The Bertz CT molecular complexity index is 471. The molecule has 1 N–H and O–H groups in total. The van der Waals surface area contributed by atoms with Gasteiger partial charge < -0.3 is 14.8 Å². The average Bonchev–Trinajstić information content (AvgIpc) is 2.61. The second kappa shape index (κ2) is 6.75. The summed E-state index contributed by atoms with van der Waals surface area (Å²) in [7, 11) is 1.53. The minimum Gasteiger partial charge on any atom is -0.493 e. The fraction of sp³-hybridized carbons (Fsp3) is 0.562. The van der Waals surface area contributed by atoms with Crippen molar-refractivity contribution in [1.82, 2.24) is 5.32 Å². The summed E-state index contributed by atoms with van der Waals surface area (Å²) in [5.41, 5.74) is 2.35. The van der Waals surface area contributed by atoms with Crippen molar-refractivity contribution in [2.45, 2.75) is 38.6 Å². The Morgan fingerprint density at radius 1 is 1.50 bits per heavy atom. The number of fused-ring (bicyclic) bond motifs is 1. The van der Waals surface area contributed by atoms with Crippen molar-refractivity contribution in [3.63, 3.8) is 0 Å². The highest BCUT2D eigenvalue weighted by molar-refractivity contribution is 5.77. The maximum atomic E-state index is 11.8. The third-order valence-corrected chi connectivity index (χ3v) is 3.58. The summed E-state index contributed by atoms with van der Waals surface area (Å²) < 4.78 is 10.7. The van der Waals surface area contributed by atoms with Gasteiger partial charge in [-0.1, -0.05) is 19.9 Å². The molecule has 0 radical (unpaired) electrons. The molecule has 2 rings (SSSR count). The van der Waals surface area contributed by atoms with E-state index in [1.165, 1.54) is 12.7 Å². The SMILES string of the molecule is COCC(=O)NC1CCCOc2ccc(C(C)C)cc21. The third kappa shape index (κ3) is 3.51. The number of amides is 1. The zero-order valence-electron chi connectivity index (χ0n) is 12.4. The number of rotatable bonds is 4. The molecule has 1 aromatic rings. The molecule has 1 aromatic carbocycles. The maximum absolute atomic E-state index is 11.8. The van der Waals surface area contributed by atoms with Crippen molar-refractivity contribution < 1.29 is 14.3 Å². The van der Waals surface area contributed by atoms with Crippen LogP contribution in [0.2, 0.25) is 0 Å². The molecule has 0 saturated heterocycles. The van der Waals surface area contributed by atoms with Crippen LogP contribution in [0.3, 0.4) is 0 Å². The van der Waals surface area contributed by atoms with Crippen LogP contribution in [0.5, 0.6) is 5.75 Å². The van der Waals surface area contributed by atoms with E-state index in [9.17, 15) is 4.79 Å². The predicted molar refractivity (Wildman–Crippen MR) is 78.0 cm³/mol. The molecular formula is C16H23NO3. The molecule has 0 fully saturated rings. The number of nitrogens with one attached hydrogen (secondary N) is 1. The summed E-state index contributed by atoms with van der Waals surface area (Å²) in [6, 6.07) is 6.28. The molecule has 1 aliphatic heterocycles. The standard InChI is InChI=1S/C16H23NO3/c1-11(2)12-6-7-15-13(9-12)14(5-4-8-20-15)17-16(18)10-19-3/h6-7,9,11,14H,4-5,8,10H2,1-3H3,(H,17,18). The molecule has 0 bridgehead atoms. The Morgan fingerprint density at radius 3 is 3.00 bits per heavy atom. The molecular weight excluding hydrogens is 254 g/mol. The third-order valence-electron chi connectivity index (χ3n) is 3.58. The van der Waals surface area contributed by atoms with Crippen LogP contribution in [0.25, 0.3) is 0 Å². The van der Waals surface area contributed by atoms with Crippen molar-refractivity contribution in [3.05, 3.63) is 29.3 Å². The summed E-state index contributed by atoms with van der Waals surface area (Å²) in [6.45, 7) is 5.12. The predicted octanol–water partition coefficient (Wildman–Crippen LogP) is 2.79. The van der Waals surface area contributed by atoms with Crippen molar-refractivity contribution >= 4 is 5.91 Å². The minimum atomic E-state index is -0.0831. The zero-order chi connectivity index (χ0) is 14.5. The van der Waals surface area contributed by atoms with Crippen LogP contribution in [-0.2, 0) is 9.53 Å². The first kappa shape index (κ1) is 14.9. The number of carbonyl (C=O) groups is 1. The molecule has 1 aliphatic rings. The molecule has 0 saturated carbocycles. The van der Waals surface area contributed by atoms with Gasteiger partial charge in [0.2, 0.25) is 5.91 Å². The monoisotopic (exact) mass is 277 g/mol. The van der Waals surface area contributed by atoms with E-state index in [4.69, 9.17) is 9.47 Å². The summed E-state index contributed by atoms with van der Waals surface area (Å²) in [6.07, 6.45) is 1.83. The Labute approximate surface area is 120 Å². The molecule has 1 atom stereocenters. The van der Waals surface area contributed by atoms with Crippen LogP contribution in [0.15, 0.2) is 18.2 Å². The Balaban J connectivity index is 2.26. The van der Waals surface area contributed by atoms with E-state index in [1.54, 1.807) is 0 Å². The van der Waals surface area contributed by atoms with E-state index >= 15 is 0 Å². The molecule has 0 aliphatic carbocycles. The molecule has 0 spiro atoms. The number of ether oxygens (including phenoxy) is 2. The van der Waals surface area contributed by atoms with Gasteiger partial charge in [-0.05, 0) is 36.5 Å². The summed E-state index contributed by atoms with van der Waals surface area (Å²) in [5, 5.41) is 3.04. The van der Waals surface area contributed by atoms with Crippen molar-refractivity contribution in [2.24, 2.45) is 0 Å². The van der Waals surface area contributed by atoms with E-state index in [1.807, 2.05) is 6.07 Å². The lowest BCUT2D eigenvalue weighted by Crippen LogP contribution is -2.31. The van der Waals surface area contributed by atoms with Gasteiger partial charge in [-0.3, -0.25) is 4.79 Å². The van der Waals surface area contributed by atoms with Crippen molar-refractivity contribution in [3.8, 4) is 5.75 Å². The molecule has 1 unspecified atom stereocenters. The van der Waals surface area contributed by atoms with Crippen LogP contribution in [-0.4, -0.2) is 26.2 Å². The van der Waals surface area contributed by atoms with E-state index in [2.05, 4.69) is 31.3 Å². The number of carbonyl (C=O) groups excluding carboxylic acids is 1. The molecule has 4 heteroatoms. The van der Waals surface area contributed by atoms with Crippen LogP contribution in [0.1, 0.15) is 49.8 Å². The maximum Gasteiger partial charge on any atom is 0.246 e. The van der Waals surface area contributed by atoms with E-state index < -0.39 is 0 Å². The van der Waals surface area contributed by atoms with Crippen molar-refractivity contribution in [1.29, 1.82) is 0 Å². The smallest absolute Gasteiger partial charge is 0.246 e. The summed E-state index contributed by atoms with van der Waals surface area (Å²) in [4.78, 5) is 11.8. The molecule has 110 valence electrons. The number of hydrogen-bond donors (Lipinski definition) is 1. The van der Waals surface area contributed by atoms with E-state index in [-0.39, 0.29) is 18.6 Å². The Morgan fingerprint density at radius 2 is 2.30 bits per heavy atom. The van der Waals surface area contributed by atoms with Gasteiger partial charge in [0.05, 0.1) is 12.6 Å². The number of hydrogen-bond acceptors (Lipinski definition) is 3. The second-order valence-electron chi connectivity index (χ2n) is 5.50. The van der Waals surface area contributed by atoms with Gasteiger partial charge in [0.25, 0.3) is 0 Å². The highest BCUT2D eigenvalue weighted by Crippen LogP contribution is 2.33. The second-order valence-corrected chi connectivity index (χ2v) is 5.50. The molecule has 20 heavy (non-hydrogen) atoms. The van der Waals surface area contributed by atoms with Gasteiger partial charge in [-0.2, -0.15) is 0 Å². The van der Waals surface area contributed by atoms with Crippen molar-refractivity contribution in [2.75, 3.05) is 20.3 Å². The fourth-order valence-corrected chi connectivity index (χ4v) is 2.47. The first-order chi connectivity index (χ1) is 9.61. The van der Waals surface area contributed by atoms with Gasteiger partial charge in [-0.15, -0.1) is 0 Å². The van der Waals surface area contributed by atoms with Gasteiger partial charge in [0.1, 0.15) is 12.4 Å². The van der Waals surface area contributed by atoms with E-state index in [0.717, 1.165) is 24.2 Å². The normalized spacial score (nSPS) is 18.1. The average molecular weight is 277 g/mol. The lowest BCUT2D eigenvalue weighted by molar-refractivity contribution is -0.125. The van der Waals surface area contributed by atoms with Gasteiger partial charge in [0, 0.05) is 12.7 Å². The molecule has 1 amide bonds. The topological polar surface area (TPSA) is 47.6 Å². The Hall–Kier alpha value is -1.55. The molecule has 4 nitrogen and oxygen atoms in total.